The SMILES string of the molecule is C=C1[C@H](O)CC(=CC=C2CCC[C@]3(C)C([C@H](C)OC(=O)CC[C@](C)(O)C(F)(F)F)=CC[C@@H]23)C[C@H]1O. The third-order valence-electron chi connectivity index (χ3n) is 8.08. The van der Waals surface area contributed by atoms with Crippen LogP contribution >= 0.6 is 0 Å². The first-order chi connectivity index (χ1) is 16.2. The van der Waals surface area contributed by atoms with Gasteiger partial charge >= 0.3 is 12.1 Å². The second-order valence-corrected chi connectivity index (χ2v) is 10.7. The Hall–Kier alpha value is -1.90. The highest BCUT2D eigenvalue weighted by Crippen LogP contribution is 2.55. The first-order valence-electron chi connectivity index (χ1n) is 12.3. The fraction of sp³-hybridized carbons (Fsp3) is 0.667. The molecule has 3 aliphatic carbocycles. The van der Waals surface area contributed by atoms with Crippen LogP contribution < -0.4 is 0 Å². The Morgan fingerprint density at radius 1 is 1.29 bits per heavy atom. The van der Waals surface area contributed by atoms with Crippen LogP contribution in [-0.2, 0) is 9.53 Å². The Labute approximate surface area is 205 Å². The summed E-state index contributed by atoms with van der Waals surface area (Å²) in [6.45, 7) is 8.30. The van der Waals surface area contributed by atoms with Gasteiger partial charge in [-0.25, -0.2) is 0 Å². The minimum absolute atomic E-state index is 0.223. The molecular formula is C27H37F3O5. The van der Waals surface area contributed by atoms with Crippen molar-refractivity contribution in [1.29, 1.82) is 0 Å². The van der Waals surface area contributed by atoms with Crippen LogP contribution in [0.2, 0.25) is 0 Å². The molecule has 35 heavy (non-hydrogen) atoms. The molecular weight excluding hydrogens is 461 g/mol. The van der Waals surface area contributed by atoms with Gasteiger partial charge in [-0.3, -0.25) is 4.79 Å². The van der Waals surface area contributed by atoms with Crippen LogP contribution in [0, 0.1) is 11.3 Å². The first-order valence-corrected chi connectivity index (χ1v) is 12.3. The predicted molar refractivity (Wildman–Crippen MR) is 126 cm³/mol. The van der Waals surface area contributed by atoms with Gasteiger partial charge in [0.05, 0.1) is 12.2 Å². The summed E-state index contributed by atoms with van der Waals surface area (Å²) < 4.78 is 44.1. The molecule has 5 nitrogen and oxygen atoms in total. The number of alkyl halides is 3. The Kier molecular flexibility index (Phi) is 8.09. The summed E-state index contributed by atoms with van der Waals surface area (Å²) in [4.78, 5) is 12.3. The predicted octanol–water partition coefficient (Wildman–Crippen LogP) is 5.07. The lowest BCUT2D eigenvalue weighted by Gasteiger charge is -2.42. The summed E-state index contributed by atoms with van der Waals surface area (Å²) in [6.07, 6.45) is 2.55. The quantitative estimate of drug-likeness (QED) is 0.352. The number of carbonyl (C=O) groups is 1. The first kappa shape index (κ1) is 27.7. The smallest absolute Gasteiger partial charge is 0.416 e. The topological polar surface area (TPSA) is 87.0 Å². The van der Waals surface area contributed by atoms with Crippen molar-refractivity contribution in [2.24, 2.45) is 11.3 Å². The second-order valence-electron chi connectivity index (χ2n) is 10.7. The maximum atomic E-state index is 12.9. The summed E-state index contributed by atoms with van der Waals surface area (Å²) >= 11 is 0. The van der Waals surface area contributed by atoms with Crippen LogP contribution in [0.1, 0.15) is 72.1 Å². The third-order valence-corrected chi connectivity index (χ3v) is 8.08. The number of aliphatic hydroxyl groups excluding tert-OH is 2. The Balaban J connectivity index is 1.65. The van der Waals surface area contributed by atoms with Crippen molar-refractivity contribution in [1.82, 2.24) is 0 Å². The normalized spacial score (nSPS) is 33.1. The zero-order valence-corrected chi connectivity index (χ0v) is 20.7. The molecule has 6 atom stereocenters. The number of fused-ring (bicyclic) bond motifs is 1. The van der Waals surface area contributed by atoms with E-state index < -0.39 is 48.9 Å². The maximum absolute atomic E-state index is 12.9. The van der Waals surface area contributed by atoms with Crippen molar-refractivity contribution >= 4 is 5.97 Å². The molecule has 0 aliphatic heterocycles. The van der Waals surface area contributed by atoms with E-state index in [0.717, 1.165) is 36.8 Å². The van der Waals surface area contributed by atoms with E-state index in [-0.39, 0.29) is 11.3 Å². The summed E-state index contributed by atoms with van der Waals surface area (Å²) in [7, 11) is 0. The van der Waals surface area contributed by atoms with E-state index in [9.17, 15) is 33.3 Å². The molecule has 3 rings (SSSR count). The average molecular weight is 499 g/mol. The Bertz CT molecular complexity index is 914. The lowest BCUT2D eigenvalue weighted by atomic mass is 9.63. The molecule has 0 aromatic heterocycles. The number of hydrogen-bond acceptors (Lipinski definition) is 5. The number of rotatable bonds is 6. The van der Waals surface area contributed by atoms with E-state index in [1.807, 2.05) is 6.08 Å². The van der Waals surface area contributed by atoms with Crippen LogP contribution in [-0.4, -0.2) is 51.4 Å². The van der Waals surface area contributed by atoms with Gasteiger partial charge in [0.15, 0.2) is 5.60 Å². The van der Waals surface area contributed by atoms with E-state index in [0.29, 0.717) is 25.3 Å². The number of esters is 1. The van der Waals surface area contributed by atoms with Gasteiger partial charge in [0.2, 0.25) is 0 Å². The molecule has 196 valence electrons. The van der Waals surface area contributed by atoms with E-state index in [1.54, 1.807) is 6.92 Å². The molecule has 3 aliphatic rings. The van der Waals surface area contributed by atoms with Crippen LogP contribution in [0.5, 0.6) is 0 Å². The zero-order chi connectivity index (χ0) is 26.2. The van der Waals surface area contributed by atoms with Crippen LogP contribution in [0.25, 0.3) is 0 Å². The van der Waals surface area contributed by atoms with Gasteiger partial charge in [-0.05, 0) is 81.3 Å². The largest absolute Gasteiger partial charge is 0.458 e. The molecule has 0 heterocycles. The molecule has 0 radical (unpaired) electrons. The molecule has 0 spiro atoms. The Morgan fingerprint density at radius 3 is 2.51 bits per heavy atom. The van der Waals surface area contributed by atoms with Crippen LogP contribution in [0.4, 0.5) is 13.2 Å². The summed E-state index contributed by atoms with van der Waals surface area (Å²) in [6, 6.07) is 0. The number of halogens is 3. The van der Waals surface area contributed by atoms with Gasteiger partial charge in [0.1, 0.15) is 6.10 Å². The standard InChI is InChI=1S/C27H37F3O5/c1-16-22(31)14-18(15-23(16)32)7-8-19-6-5-12-25(3)20(9-10-21(19)25)17(2)35-24(33)11-13-26(4,34)27(28,29)30/h7-9,17,21-23,31-32,34H,1,5-6,10-15H2,2-4H3/t17-,21-,22+,23+,25+,26-/m0/s1. The average Bonchev–Trinajstić information content (AvgIpc) is 3.11. The van der Waals surface area contributed by atoms with Crippen molar-refractivity contribution in [3.63, 3.8) is 0 Å². The highest BCUT2D eigenvalue weighted by atomic mass is 19.4. The van der Waals surface area contributed by atoms with E-state index in [1.165, 1.54) is 5.57 Å². The fourth-order valence-electron chi connectivity index (χ4n) is 5.71. The minimum Gasteiger partial charge on any atom is -0.458 e. The highest BCUT2D eigenvalue weighted by molar-refractivity contribution is 5.70. The molecule has 0 bridgehead atoms. The van der Waals surface area contributed by atoms with Gasteiger partial charge < -0.3 is 20.1 Å². The van der Waals surface area contributed by atoms with Gasteiger partial charge in [-0.2, -0.15) is 13.2 Å². The lowest BCUT2D eigenvalue weighted by molar-refractivity contribution is -0.255. The van der Waals surface area contributed by atoms with E-state index in [2.05, 4.69) is 25.7 Å². The van der Waals surface area contributed by atoms with Gasteiger partial charge in [-0.15, -0.1) is 0 Å². The summed E-state index contributed by atoms with van der Waals surface area (Å²) in [5.41, 5.74) is 0.520. The zero-order valence-electron chi connectivity index (χ0n) is 20.7. The van der Waals surface area contributed by atoms with Crippen molar-refractivity contribution in [2.45, 2.75) is 102 Å². The summed E-state index contributed by atoms with van der Waals surface area (Å²) in [5, 5.41) is 29.8. The third kappa shape index (κ3) is 5.92. The highest BCUT2D eigenvalue weighted by Gasteiger charge is 2.50. The van der Waals surface area contributed by atoms with Crippen molar-refractivity contribution in [3.8, 4) is 0 Å². The molecule has 0 unspecified atom stereocenters. The number of allylic oxidation sites excluding steroid dienone is 4. The second kappa shape index (κ2) is 10.2. The van der Waals surface area contributed by atoms with Gasteiger partial charge in [0.25, 0.3) is 0 Å². The van der Waals surface area contributed by atoms with Gasteiger partial charge in [0, 0.05) is 6.42 Å². The van der Waals surface area contributed by atoms with Crippen molar-refractivity contribution in [2.75, 3.05) is 0 Å². The molecule has 0 amide bonds. The molecule has 0 saturated heterocycles. The molecule has 2 saturated carbocycles. The monoisotopic (exact) mass is 498 g/mol. The Morgan fingerprint density at radius 2 is 1.91 bits per heavy atom. The molecule has 0 aromatic rings. The van der Waals surface area contributed by atoms with Crippen LogP contribution in [0.15, 0.2) is 47.1 Å². The molecule has 2 fully saturated rings. The van der Waals surface area contributed by atoms with E-state index in [4.69, 9.17) is 4.74 Å². The minimum atomic E-state index is -4.81. The van der Waals surface area contributed by atoms with Crippen molar-refractivity contribution in [3.05, 3.63) is 47.1 Å². The maximum Gasteiger partial charge on any atom is 0.416 e. The van der Waals surface area contributed by atoms with Crippen molar-refractivity contribution < 1.29 is 38.0 Å². The summed E-state index contributed by atoms with van der Waals surface area (Å²) in [5.74, 6) is -0.536. The number of aliphatic hydroxyl groups is 3. The number of hydrogen-bond donors (Lipinski definition) is 3. The molecule has 3 N–H and O–H groups in total. The molecule has 8 heteroatoms. The lowest BCUT2D eigenvalue weighted by Crippen LogP contribution is -2.42. The van der Waals surface area contributed by atoms with Gasteiger partial charge in [-0.1, -0.05) is 42.9 Å². The number of ether oxygens (including phenoxy) is 1. The van der Waals surface area contributed by atoms with Crippen LogP contribution in [0.3, 0.4) is 0 Å². The number of carbonyl (C=O) groups excluding carboxylic acids is 1. The molecule has 0 aromatic carbocycles. The van der Waals surface area contributed by atoms with E-state index >= 15 is 0 Å². The fourth-order valence-corrected chi connectivity index (χ4v) is 5.71.